The summed E-state index contributed by atoms with van der Waals surface area (Å²) in [5.74, 6) is -0.206. The van der Waals surface area contributed by atoms with Crippen LogP contribution < -0.4 is 0 Å². The molecule has 5 heteroatoms. The van der Waals surface area contributed by atoms with E-state index in [1.165, 1.54) is 6.07 Å². The predicted octanol–water partition coefficient (Wildman–Crippen LogP) is 3.29. The van der Waals surface area contributed by atoms with E-state index in [-0.39, 0.29) is 11.9 Å². The zero-order valence-electron chi connectivity index (χ0n) is 12.4. The molecule has 1 heterocycles. The zero-order chi connectivity index (χ0) is 15.2. The first-order valence-corrected chi connectivity index (χ1v) is 7.81. The third kappa shape index (κ3) is 4.41. The number of piperazine rings is 1. The van der Waals surface area contributed by atoms with Gasteiger partial charge in [0.05, 0.1) is 12.1 Å². The van der Waals surface area contributed by atoms with Crippen molar-refractivity contribution in [3.05, 3.63) is 34.6 Å². The second-order valence-electron chi connectivity index (χ2n) is 5.48. The SMILES string of the molecule is CCCC(C#N)N1CCN(Cc2cc(Cl)ccc2F)CC1. The summed E-state index contributed by atoms with van der Waals surface area (Å²) < 4.78 is 13.7. The molecular weight excluding hydrogens is 289 g/mol. The van der Waals surface area contributed by atoms with Gasteiger partial charge in [0.25, 0.3) is 0 Å². The highest BCUT2D eigenvalue weighted by atomic mass is 35.5. The maximum atomic E-state index is 13.7. The molecule has 0 aliphatic carbocycles. The summed E-state index contributed by atoms with van der Waals surface area (Å²) in [5.41, 5.74) is 0.640. The molecule has 0 saturated carbocycles. The number of hydrogen-bond donors (Lipinski definition) is 0. The molecule has 1 atom stereocenters. The van der Waals surface area contributed by atoms with Crippen LogP contribution in [0.2, 0.25) is 5.02 Å². The van der Waals surface area contributed by atoms with Gasteiger partial charge in [-0.2, -0.15) is 5.26 Å². The molecule has 1 aliphatic rings. The molecule has 21 heavy (non-hydrogen) atoms. The van der Waals surface area contributed by atoms with E-state index in [1.807, 2.05) is 0 Å². The van der Waals surface area contributed by atoms with Crippen molar-refractivity contribution in [3.63, 3.8) is 0 Å². The van der Waals surface area contributed by atoms with Gasteiger partial charge < -0.3 is 0 Å². The Labute approximate surface area is 130 Å². The normalized spacial score (nSPS) is 18.4. The van der Waals surface area contributed by atoms with E-state index < -0.39 is 0 Å². The number of nitriles is 1. The van der Waals surface area contributed by atoms with Gasteiger partial charge in [-0.25, -0.2) is 4.39 Å². The van der Waals surface area contributed by atoms with Gasteiger partial charge in [0.15, 0.2) is 0 Å². The largest absolute Gasteiger partial charge is 0.296 e. The Kier molecular flexibility index (Phi) is 5.98. The van der Waals surface area contributed by atoms with E-state index in [1.54, 1.807) is 12.1 Å². The lowest BCUT2D eigenvalue weighted by Gasteiger charge is -2.37. The van der Waals surface area contributed by atoms with Gasteiger partial charge in [-0.05, 0) is 24.6 Å². The maximum absolute atomic E-state index is 13.7. The molecule has 1 aliphatic heterocycles. The third-order valence-electron chi connectivity index (χ3n) is 3.96. The number of nitrogens with zero attached hydrogens (tertiary/aromatic N) is 3. The molecule has 0 N–H and O–H groups in total. The fourth-order valence-corrected chi connectivity index (χ4v) is 2.94. The van der Waals surface area contributed by atoms with Crippen LogP contribution in [-0.4, -0.2) is 42.0 Å². The van der Waals surface area contributed by atoms with Gasteiger partial charge in [-0.15, -0.1) is 0 Å². The number of rotatable bonds is 5. The Hall–Kier alpha value is -1.15. The fraction of sp³-hybridized carbons (Fsp3) is 0.562. The molecule has 0 amide bonds. The molecule has 1 aromatic carbocycles. The van der Waals surface area contributed by atoms with Crippen LogP contribution in [0.4, 0.5) is 4.39 Å². The minimum Gasteiger partial charge on any atom is -0.296 e. The molecule has 1 unspecified atom stereocenters. The molecule has 3 nitrogen and oxygen atoms in total. The molecule has 114 valence electrons. The van der Waals surface area contributed by atoms with Crippen molar-refractivity contribution in [2.75, 3.05) is 26.2 Å². The molecule has 0 bridgehead atoms. The van der Waals surface area contributed by atoms with E-state index in [2.05, 4.69) is 22.8 Å². The van der Waals surface area contributed by atoms with Crippen molar-refractivity contribution in [2.24, 2.45) is 0 Å². The van der Waals surface area contributed by atoms with Gasteiger partial charge in [-0.1, -0.05) is 24.9 Å². The molecular formula is C16H21ClFN3. The number of halogens is 2. The summed E-state index contributed by atoms with van der Waals surface area (Å²) in [6.45, 7) is 6.11. The van der Waals surface area contributed by atoms with Gasteiger partial charge in [0.1, 0.15) is 5.82 Å². The summed E-state index contributed by atoms with van der Waals surface area (Å²) in [5, 5.41) is 9.78. The average molecular weight is 310 g/mol. The van der Waals surface area contributed by atoms with Crippen molar-refractivity contribution >= 4 is 11.6 Å². The summed E-state index contributed by atoms with van der Waals surface area (Å²) in [6.07, 6.45) is 1.94. The van der Waals surface area contributed by atoms with Gasteiger partial charge in [0, 0.05) is 43.3 Å². The first-order valence-electron chi connectivity index (χ1n) is 7.44. The van der Waals surface area contributed by atoms with Crippen LogP contribution in [0.25, 0.3) is 0 Å². The van der Waals surface area contributed by atoms with E-state index in [4.69, 9.17) is 11.6 Å². The molecule has 1 saturated heterocycles. The molecule has 1 fully saturated rings. The Morgan fingerprint density at radius 3 is 2.67 bits per heavy atom. The van der Waals surface area contributed by atoms with Crippen LogP contribution in [0.3, 0.4) is 0 Å². The Bertz CT molecular complexity index is 507. The first kappa shape index (κ1) is 16.2. The molecule has 0 aromatic heterocycles. The van der Waals surface area contributed by atoms with Crippen LogP contribution in [0.1, 0.15) is 25.3 Å². The lowest BCUT2D eigenvalue weighted by molar-refractivity contribution is 0.105. The van der Waals surface area contributed by atoms with Crippen molar-refractivity contribution in [1.29, 1.82) is 5.26 Å². The second kappa shape index (κ2) is 7.74. The van der Waals surface area contributed by atoms with Crippen LogP contribution >= 0.6 is 11.6 Å². The van der Waals surface area contributed by atoms with Gasteiger partial charge >= 0.3 is 0 Å². The predicted molar refractivity (Wildman–Crippen MR) is 82.6 cm³/mol. The summed E-state index contributed by atoms with van der Waals surface area (Å²) in [6, 6.07) is 7.08. The van der Waals surface area contributed by atoms with E-state index in [0.717, 1.165) is 39.0 Å². The van der Waals surface area contributed by atoms with Crippen LogP contribution in [0.5, 0.6) is 0 Å². The second-order valence-corrected chi connectivity index (χ2v) is 5.92. The van der Waals surface area contributed by atoms with Crippen LogP contribution in [0, 0.1) is 17.1 Å². The standard InChI is InChI=1S/C16H21ClFN3/c1-2-3-15(11-19)21-8-6-20(7-9-21)12-13-10-14(17)4-5-16(13)18/h4-5,10,15H,2-3,6-9,12H2,1H3. The topological polar surface area (TPSA) is 30.3 Å². The molecule has 2 rings (SSSR count). The van der Waals surface area contributed by atoms with Gasteiger partial charge in [-0.3, -0.25) is 9.80 Å². The molecule has 1 aromatic rings. The minimum atomic E-state index is -0.206. The molecule has 0 spiro atoms. The highest BCUT2D eigenvalue weighted by Crippen LogP contribution is 2.18. The summed E-state index contributed by atoms with van der Waals surface area (Å²) in [4.78, 5) is 4.44. The Morgan fingerprint density at radius 1 is 1.33 bits per heavy atom. The quantitative estimate of drug-likeness (QED) is 0.836. The minimum absolute atomic E-state index is 0.0139. The highest BCUT2D eigenvalue weighted by Gasteiger charge is 2.23. The van der Waals surface area contributed by atoms with E-state index in [9.17, 15) is 9.65 Å². The lowest BCUT2D eigenvalue weighted by atomic mass is 10.1. The highest BCUT2D eigenvalue weighted by molar-refractivity contribution is 6.30. The first-order chi connectivity index (χ1) is 10.1. The van der Waals surface area contributed by atoms with Crippen molar-refractivity contribution in [1.82, 2.24) is 9.80 Å². The van der Waals surface area contributed by atoms with Gasteiger partial charge in [0.2, 0.25) is 0 Å². The maximum Gasteiger partial charge on any atom is 0.127 e. The smallest absolute Gasteiger partial charge is 0.127 e. The van der Waals surface area contributed by atoms with Crippen LogP contribution in [0.15, 0.2) is 18.2 Å². The number of hydrogen-bond acceptors (Lipinski definition) is 3. The zero-order valence-corrected chi connectivity index (χ0v) is 13.1. The van der Waals surface area contributed by atoms with E-state index >= 15 is 0 Å². The van der Waals surface area contributed by atoms with Crippen molar-refractivity contribution in [2.45, 2.75) is 32.4 Å². The van der Waals surface area contributed by atoms with E-state index in [0.29, 0.717) is 17.1 Å². The number of benzene rings is 1. The average Bonchev–Trinajstić information content (AvgIpc) is 2.49. The fourth-order valence-electron chi connectivity index (χ4n) is 2.74. The summed E-state index contributed by atoms with van der Waals surface area (Å²) >= 11 is 5.92. The van der Waals surface area contributed by atoms with Crippen molar-refractivity contribution < 1.29 is 4.39 Å². The monoisotopic (exact) mass is 309 g/mol. The Morgan fingerprint density at radius 2 is 2.05 bits per heavy atom. The van der Waals surface area contributed by atoms with Crippen LogP contribution in [-0.2, 0) is 6.54 Å². The van der Waals surface area contributed by atoms with Crippen molar-refractivity contribution in [3.8, 4) is 6.07 Å². The third-order valence-corrected chi connectivity index (χ3v) is 4.20. The molecule has 0 radical (unpaired) electrons. The lowest BCUT2D eigenvalue weighted by Crippen LogP contribution is -2.49. The summed E-state index contributed by atoms with van der Waals surface area (Å²) in [7, 11) is 0. The Balaban J connectivity index is 1.89.